The zero-order chi connectivity index (χ0) is 25.1. The van der Waals surface area contributed by atoms with E-state index in [-0.39, 0.29) is 11.6 Å². The Morgan fingerprint density at radius 1 is 1.08 bits per heavy atom. The van der Waals surface area contributed by atoms with Gasteiger partial charge in [0.1, 0.15) is 12.3 Å². The van der Waals surface area contributed by atoms with Crippen LogP contribution in [0.25, 0.3) is 10.9 Å². The minimum Gasteiger partial charge on any atom is -0.467 e. The van der Waals surface area contributed by atoms with Crippen molar-refractivity contribution in [2.45, 2.75) is 45.9 Å². The molecule has 5 aromatic rings. The molecule has 0 aliphatic heterocycles. The second-order valence-electron chi connectivity index (χ2n) is 8.91. The van der Waals surface area contributed by atoms with Gasteiger partial charge in [-0.25, -0.2) is 4.68 Å². The second-order valence-corrected chi connectivity index (χ2v) is 9.32. The zero-order valence-electron chi connectivity index (χ0n) is 20.2. The van der Waals surface area contributed by atoms with Gasteiger partial charge in [-0.15, -0.1) is 5.10 Å². The van der Waals surface area contributed by atoms with E-state index in [9.17, 15) is 4.79 Å². The molecule has 0 aliphatic carbocycles. The first-order valence-electron chi connectivity index (χ1n) is 11.9. The predicted octanol–water partition coefficient (Wildman–Crippen LogP) is 5.27. The van der Waals surface area contributed by atoms with E-state index in [0.29, 0.717) is 36.0 Å². The van der Waals surface area contributed by atoms with Crippen LogP contribution in [0.4, 0.5) is 0 Å². The van der Waals surface area contributed by atoms with E-state index < -0.39 is 0 Å². The molecule has 36 heavy (non-hydrogen) atoms. The second kappa shape index (κ2) is 10.5. The predicted molar refractivity (Wildman–Crippen MR) is 139 cm³/mol. The van der Waals surface area contributed by atoms with Crippen LogP contribution < -0.4 is 5.56 Å². The Bertz CT molecular complexity index is 1530. The van der Waals surface area contributed by atoms with Crippen molar-refractivity contribution in [1.82, 2.24) is 30.1 Å². The van der Waals surface area contributed by atoms with Crippen LogP contribution in [-0.2, 0) is 19.6 Å². The van der Waals surface area contributed by atoms with E-state index in [2.05, 4.69) is 38.4 Å². The van der Waals surface area contributed by atoms with Gasteiger partial charge in [-0.1, -0.05) is 48.4 Å². The molecule has 0 radical (unpaired) electrons. The molecular formula is C27H27ClN6O2. The average Bonchev–Trinajstić information content (AvgIpc) is 3.55. The molecular weight excluding hydrogens is 476 g/mol. The first-order valence-corrected chi connectivity index (χ1v) is 12.3. The fraction of sp³-hybridized carbons (Fsp3) is 0.259. The summed E-state index contributed by atoms with van der Waals surface area (Å²) in [6, 6.07) is 19.3. The number of tetrazole rings is 1. The first-order chi connectivity index (χ1) is 17.5. The minimum atomic E-state index is -0.168. The van der Waals surface area contributed by atoms with Crippen molar-refractivity contribution in [1.29, 1.82) is 0 Å². The standard InChI is InChI=1S/C27H27ClN6O2/c1-3-25(26-30-31-32-34(26)17-22-8-6-12-36-22)33(15-19-7-4-5-9-23(19)28)16-21-14-20-13-18(2)10-11-24(20)29-27(21)35/h4-14,25H,3,15-17H2,1-2H3,(H,29,35)/t25-/m0/s1. The highest BCUT2D eigenvalue weighted by atomic mass is 35.5. The quantitative estimate of drug-likeness (QED) is 0.295. The maximum atomic E-state index is 13.1. The Morgan fingerprint density at radius 2 is 1.92 bits per heavy atom. The molecule has 2 aromatic carbocycles. The van der Waals surface area contributed by atoms with Crippen LogP contribution in [0.1, 0.15) is 47.7 Å². The van der Waals surface area contributed by atoms with E-state index in [0.717, 1.165) is 34.2 Å². The largest absolute Gasteiger partial charge is 0.467 e. The fourth-order valence-corrected chi connectivity index (χ4v) is 4.74. The number of nitrogens with one attached hydrogen (secondary N) is 1. The van der Waals surface area contributed by atoms with Gasteiger partial charge < -0.3 is 9.40 Å². The minimum absolute atomic E-state index is 0.111. The van der Waals surface area contributed by atoms with Crippen molar-refractivity contribution in [3.8, 4) is 0 Å². The van der Waals surface area contributed by atoms with Gasteiger partial charge in [-0.3, -0.25) is 9.69 Å². The molecule has 3 heterocycles. The number of aromatic amines is 1. The third-order valence-corrected chi connectivity index (χ3v) is 6.72. The van der Waals surface area contributed by atoms with Gasteiger partial charge in [0.25, 0.3) is 5.56 Å². The molecule has 1 N–H and O–H groups in total. The van der Waals surface area contributed by atoms with Gasteiger partial charge in [0.05, 0.1) is 12.3 Å². The Morgan fingerprint density at radius 3 is 2.69 bits per heavy atom. The lowest BCUT2D eigenvalue weighted by atomic mass is 10.1. The van der Waals surface area contributed by atoms with Crippen molar-refractivity contribution in [2.24, 2.45) is 0 Å². The lowest BCUT2D eigenvalue weighted by molar-refractivity contribution is 0.161. The molecule has 0 saturated heterocycles. The summed E-state index contributed by atoms with van der Waals surface area (Å²) in [5.74, 6) is 1.46. The molecule has 0 aliphatic rings. The molecule has 0 amide bonds. The Hall–Kier alpha value is -3.75. The van der Waals surface area contributed by atoms with E-state index in [1.54, 1.807) is 10.9 Å². The highest BCUT2D eigenvalue weighted by Gasteiger charge is 2.27. The molecule has 9 heteroatoms. The summed E-state index contributed by atoms with van der Waals surface area (Å²) in [5, 5.41) is 14.2. The molecule has 0 fully saturated rings. The number of halogens is 1. The Kier molecular flexibility index (Phi) is 6.97. The number of furan rings is 1. The van der Waals surface area contributed by atoms with Gasteiger partial charge >= 0.3 is 0 Å². The summed E-state index contributed by atoms with van der Waals surface area (Å²) < 4.78 is 7.27. The molecule has 0 spiro atoms. The highest BCUT2D eigenvalue weighted by Crippen LogP contribution is 2.29. The summed E-state index contributed by atoms with van der Waals surface area (Å²) in [6.45, 7) is 5.47. The number of rotatable bonds is 9. The van der Waals surface area contributed by atoms with Crippen molar-refractivity contribution in [2.75, 3.05) is 0 Å². The van der Waals surface area contributed by atoms with Gasteiger partial charge in [0.15, 0.2) is 5.82 Å². The normalized spacial score (nSPS) is 12.4. The Balaban J connectivity index is 1.54. The van der Waals surface area contributed by atoms with Gasteiger partial charge in [-0.2, -0.15) is 0 Å². The first kappa shape index (κ1) is 24.0. The molecule has 184 valence electrons. The number of benzene rings is 2. The number of hydrogen-bond acceptors (Lipinski definition) is 6. The van der Waals surface area contributed by atoms with Crippen LogP contribution in [0, 0.1) is 6.92 Å². The third-order valence-electron chi connectivity index (χ3n) is 6.35. The van der Waals surface area contributed by atoms with Gasteiger partial charge in [-0.05, 0) is 71.1 Å². The molecule has 0 bridgehead atoms. The number of aryl methyl sites for hydroxylation is 1. The van der Waals surface area contributed by atoms with Crippen LogP contribution >= 0.6 is 11.6 Å². The maximum Gasteiger partial charge on any atom is 0.252 e. The lowest BCUT2D eigenvalue weighted by Crippen LogP contribution is -2.32. The fourth-order valence-electron chi connectivity index (χ4n) is 4.55. The number of H-pyrrole nitrogens is 1. The van der Waals surface area contributed by atoms with E-state index in [1.807, 2.05) is 61.5 Å². The number of pyridine rings is 1. The number of nitrogens with zero attached hydrogens (tertiary/aromatic N) is 5. The third kappa shape index (κ3) is 5.10. The van der Waals surface area contributed by atoms with Crippen LogP contribution in [0.15, 0.2) is 76.1 Å². The average molecular weight is 503 g/mol. The van der Waals surface area contributed by atoms with E-state index >= 15 is 0 Å². The summed E-state index contributed by atoms with van der Waals surface area (Å²) in [5.41, 5.74) is 3.48. The van der Waals surface area contributed by atoms with Crippen LogP contribution in [0.5, 0.6) is 0 Å². The molecule has 0 unspecified atom stereocenters. The van der Waals surface area contributed by atoms with Crippen LogP contribution in [0.2, 0.25) is 5.02 Å². The van der Waals surface area contributed by atoms with Crippen molar-refractivity contribution in [3.63, 3.8) is 0 Å². The zero-order valence-corrected chi connectivity index (χ0v) is 20.9. The summed E-state index contributed by atoms with van der Waals surface area (Å²) in [7, 11) is 0. The highest BCUT2D eigenvalue weighted by molar-refractivity contribution is 6.31. The summed E-state index contributed by atoms with van der Waals surface area (Å²) >= 11 is 6.54. The summed E-state index contributed by atoms with van der Waals surface area (Å²) in [6.07, 6.45) is 2.36. The van der Waals surface area contributed by atoms with Crippen molar-refractivity contribution in [3.05, 3.63) is 111 Å². The molecule has 3 aromatic heterocycles. The maximum absolute atomic E-state index is 13.1. The molecule has 8 nitrogen and oxygen atoms in total. The van der Waals surface area contributed by atoms with Crippen molar-refractivity contribution < 1.29 is 4.42 Å². The molecule has 0 saturated carbocycles. The monoisotopic (exact) mass is 502 g/mol. The SMILES string of the molecule is CC[C@@H](c1nnnn1Cc1ccco1)N(Cc1ccccc1Cl)Cc1cc2cc(C)ccc2[nH]c1=O. The molecule has 5 rings (SSSR count). The topological polar surface area (TPSA) is 92.8 Å². The Labute approximate surface area is 213 Å². The summed E-state index contributed by atoms with van der Waals surface area (Å²) in [4.78, 5) is 18.3. The lowest BCUT2D eigenvalue weighted by Gasteiger charge is -2.30. The van der Waals surface area contributed by atoms with Crippen molar-refractivity contribution >= 4 is 22.5 Å². The van der Waals surface area contributed by atoms with E-state index in [4.69, 9.17) is 16.0 Å². The van der Waals surface area contributed by atoms with E-state index in [1.165, 1.54) is 0 Å². The van der Waals surface area contributed by atoms with Crippen LogP contribution in [-0.4, -0.2) is 30.1 Å². The number of fused-ring (bicyclic) bond motifs is 1. The number of hydrogen-bond donors (Lipinski definition) is 1. The molecule has 1 atom stereocenters. The number of aromatic nitrogens is 5. The van der Waals surface area contributed by atoms with Gasteiger partial charge in [0.2, 0.25) is 0 Å². The van der Waals surface area contributed by atoms with Gasteiger partial charge in [0, 0.05) is 29.2 Å². The smallest absolute Gasteiger partial charge is 0.252 e. The van der Waals surface area contributed by atoms with Crippen LogP contribution in [0.3, 0.4) is 0 Å².